The molecule has 3 atom stereocenters. The first kappa shape index (κ1) is 14.2. The number of halogens is 1. The highest BCUT2D eigenvalue weighted by atomic mass is 32.2. The topological polar surface area (TPSA) is 83.8 Å². The van der Waals surface area contributed by atoms with Gasteiger partial charge in [-0.1, -0.05) is 0 Å². The van der Waals surface area contributed by atoms with Crippen molar-refractivity contribution in [3.8, 4) is 5.75 Å². The van der Waals surface area contributed by atoms with Gasteiger partial charge in [0.1, 0.15) is 23.8 Å². The molecule has 0 saturated carbocycles. The standard InChI is InChI=1S/C12H15FO5S/c1-7(14)9-3-2-8(13)4-11(9)18-12-6-19(16,17)5-10(12)15/h2-4,7,10,12,14-15H,5-6H2,1H3/t7-,10?,12?/m0/s1. The number of hydrogen-bond donors (Lipinski definition) is 2. The van der Waals surface area contributed by atoms with Crippen LogP contribution in [0.25, 0.3) is 0 Å². The minimum Gasteiger partial charge on any atom is -0.486 e. The van der Waals surface area contributed by atoms with Gasteiger partial charge in [-0.2, -0.15) is 0 Å². The molecular formula is C12H15FO5S. The van der Waals surface area contributed by atoms with Crippen LogP contribution in [0.4, 0.5) is 4.39 Å². The Morgan fingerprint density at radius 1 is 1.42 bits per heavy atom. The Bertz CT molecular complexity index is 569. The Labute approximate surface area is 110 Å². The lowest BCUT2D eigenvalue weighted by atomic mass is 10.1. The lowest BCUT2D eigenvalue weighted by Crippen LogP contribution is -2.30. The number of hydrogen-bond acceptors (Lipinski definition) is 5. The van der Waals surface area contributed by atoms with E-state index in [4.69, 9.17) is 4.74 Å². The first-order valence-electron chi connectivity index (χ1n) is 5.81. The zero-order chi connectivity index (χ0) is 14.2. The van der Waals surface area contributed by atoms with Crippen LogP contribution in [0.15, 0.2) is 18.2 Å². The predicted molar refractivity (Wildman–Crippen MR) is 66.1 cm³/mol. The van der Waals surface area contributed by atoms with E-state index in [0.717, 1.165) is 6.07 Å². The molecule has 1 fully saturated rings. The molecule has 1 heterocycles. The van der Waals surface area contributed by atoms with Crippen molar-refractivity contribution >= 4 is 9.84 Å². The first-order chi connectivity index (χ1) is 8.78. The smallest absolute Gasteiger partial charge is 0.156 e. The van der Waals surface area contributed by atoms with Crippen molar-refractivity contribution in [3.63, 3.8) is 0 Å². The molecule has 0 radical (unpaired) electrons. The average molecular weight is 290 g/mol. The van der Waals surface area contributed by atoms with Crippen molar-refractivity contribution in [3.05, 3.63) is 29.6 Å². The van der Waals surface area contributed by atoms with Gasteiger partial charge in [-0.05, 0) is 19.1 Å². The molecule has 0 spiro atoms. The van der Waals surface area contributed by atoms with E-state index in [0.29, 0.717) is 5.56 Å². The Hall–Kier alpha value is -1.18. The molecule has 1 saturated heterocycles. The summed E-state index contributed by atoms with van der Waals surface area (Å²) in [7, 11) is -3.34. The SMILES string of the molecule is C[C@H](O)c1ccc(F)cc1OC1CS(=O)(=O)CC1O. The van der Waals surface area contributed by atoms with Crippen LogP contribution >= 0.6 is 0 Å². The maximum Gasteiger partial charge on any atom is 0.156 e. The van der Waals surface area contributed by atoms with Crippen molar-refractivity contribution in [2.24, 2.45) is 0 Å². The van der Waals surface area contributed by atoms with Gasteiger partial charge in [0.25, 0.3) is 0 Å². The second kappa shape index (κ2) is 5.07. The molecule has 2 N–H and O–H groups in total. The third-order valence-corrected chi connectivity index (χ3v) is 4.66. The van der Waals surface area contributed by atoms with E-state index in [1.807, 2.05) is 0 Å². The molecule has 1 aliphatic heterocycles. The van der Waals surface area contributed by atoms with Gasteiger partial charge in [0, 0.05) is 11.6 Å². The van der Waals surface area contributed by atoms with Gasteiger partial charge < -0.3 is 14.9 Å². The zero-order valence-electron chi connectivity index (χ0n) is 10.3. The number of aliphatic hydroxyl groups is 2. The van der Waals surface area contributed by atoms with E-state index in [9.17, 15) is 23.0 Å². The number of sulfone groups is 1. The van der Waals surface area contributed by atoms with E-state index >= 15 is 0 Å². The van der Waals surface area contributed by atoms with Crippen LogP contribution in [0.1, 0.15) is 18.6 Å². The molecule has 0 aromatic heterocycles. The second-order valence-electron chi connectivity index (χ2n) is 4.66. The van der Waals surface area contributed by atoms with Crippen LogP contribution in [-0.4, -0.2) is 42.3 Å². The largest absolute Gasteiger partial charge is 0.486 e. The number of rotatable bonds is 3. The number of ether oxygens (including phenoxy) is 1. The molecule has 1 aromatic rings. The minimum absolute atomic E-state index is 0.0520. The molecule has 0 amide bonds. The summed E-state index contributed by atoms with van der Waals surface area (Å²) in [5.41, 5.74) is 0.345. The van der Waals surface area contributed by atoms with Crippen molar-refractivity contribution in [2.75, 3.05) is 11.5 Å². The zero-order valence-corrected chi connectivity index (χ0v) is 11.1. The first-order valence-corrected chi connectivity index (χ1v) is 7.63. The van der Waals surface area contributed by atoms with E-state index in [1.54, 1.807) is 0 Å². The molecule has 0 bridgehead atoms. The van der Waals surface area contributed by atoms with Crippen LogP contribution in [0, 0.1) is 5.82 Å². The summed E-state index contributed by atoms with van der Waals surface area (Å²) in [6.45, 7) is 1.49. The molecule has 1 aliphatic rings. The summed E-state index contributed by atoms with van der Waals surface area (Å²) in [5.74, 6) is -1.19. The molecule has 2 unspecified atom stereocenters. The molecule has 0 aliphatic carbocycles. The molecular weight excluding hydrogens is 275 g/mol. The third kappa shape index (κ3) is 3.23. The molecule has 2 rings (SSSR count). The highest BCUT2D eigenvalue weighted by Crippen LogP contribution is 2.29. The fraction of sp³-hybridized carbons (Fsp3) is 0.500. The summed E-state index contributed by atoms with van der Waals surface area (Å²) in [5, 5.41) is 19.2. The van der Waals surface area contributed by atoms with E-state index in [-0.39, 0.29) is 17.3 Å². The van der Waals surface area contributed by atoms with Gasteiger partial charge in [-0.25, -0.2) is 12.8 Å². The van der Waals surface area contributed by atoms with Crippen LogP contribution in [0.2, 0.25) is 0 Å². The minimum atomic E-state index is -3.34. The Balaban J connectivity index is 2.26. The van der Waals surface area contributed by atoms with Gasteiger partial charge in [0.2, 0.25) is 0 Å². The normalized spacial score (nSPS) is 27.2. The van der Waals surface area contributed by atoms with Crippen LogP contribution in [-0.2, 0) is 9.84 Å². The number of benzene rings is 1. The Morgan fingerprint density at radius 3 is 2.63 bits per heavy atom. The second-order valence-corrected chi connectivity index (χ2v) is 6.81. The molecule has 106 valence electrons. The van der Waals surface area contributed by atoms with Crippen molar-refractivity contribution in [1.82, 2.24) is 0 Å². The van der Waals surface area contributed by atoms with Gasteiger partial charge in [0.15, 0.2) is 9.84 Å². The fourth-order valence-corrected chi connectivity index (χ4v) is 3.69. The summed E-state index contributed by atoms with van der Waals surface area (Å²) in [4.78, 5) is 0. The lowest BCUT2D eigenvalue weighted by molar-refractivity contribution is 0.0705. The van der Waals surface area contributed by atoms with Gasteiger partial charge >= 0.3 is 0 Å². The Morgan fingerprint density at radius 2 is 2.11 bits per heavy atom. The maximum atomic E-state index is 13.2. The van der Waals surface area contributed by atoms with Crippen molar-refractivity contribution < 1.29 is 27.8 Å². The average Bonchev–Trinajstić information content (AvgIpc) is 2.51. The van der Waals surface area contributed by atoms with E-state index in [1.165, 1.54) is 19.1 Å². The highest BCUT2D eigenvalue weighted by molar-refractivity contribution is 7.91. The number of aliphatic hydroxyl groups excluding tert-OH is 2. The van der Waals surface area contributed by atoms with E-state index < -0.39 is 34.0 Å². The third-order valence-electron chi connectivity index (χ3n) is 2.98. The van der Waals surface area contributed by atoms with Crippen molar-refractivity contribution in [2.45, 2.75) is 25.2 Å². The molecule has 7 heteroatoms. The van der Waals surface area contributed by atoms with E-state index in [2.05, 4.69) is 0 Å². The predicted octanol–water partition coefficient (Wildman–Crippen LogP) is 0.416. The maximum absolute atomic E-state index is 13.2. The lowest BCUT2D eigenvalue weighted by Gasteiger charge is -2.19. The van der Waals surface area contributed by atoms with Gasteiger partial charge in [0.05, 0.1) is 17.6 Å². The fourth-order valence-electron chi connectivity index (χ4n) is 2.03. The van der Waals surface area contributed by atoms with Crippen LogP contribution in [0.3, 0.4) is 0 Å². The summed E-state index contributed by atoms with van der Waals surface area (Å²) in [6, 6.07) is 3.61. The van der Waals surface area contributed by atoms with Crippen molar-refractivity contribution in [1.29, 1.82) is 0 Å². The van der Waals surface area contributed by atoms with Gasteiger partial charge in [-0.15, -0.1) is 0 Å². The molecule has 5 nitrogen and oxygen atoms in total. The monoisotopic (exact) mass is 290 g/mol. The summed E-state index contributed by atoms with van der Waals surface area (Å²) < 4.78 is 41.3. The van der Waals surface area contributed by atoms with Crippen LogP contribution in [0.5, 0.6) is 5.75 Å². The molecule has 19 heavy (non-hydrogen) atoms. The summed E-state index contributed by atoms with van der Waals surface area (Å²) >= 11 is 0. The van der Waals surface area contributed by atoms with Crippen LogP contribution < -0.4 is 4.74 Å². The molecule has 1 aromatic carbocycles. The summed E-state index contributed by atoms with van der Waals surface area (Å²) in [6.07, 6.45) is -2.97. The van der Waals surface area contributed by atoms with Gasteiger partial charge in [-0.3, -0.25) is 0 Å². The quantitative estimate of drug-likeness (QED) is 0.842. The Kier molecular flexibility index (Phi) is 3.80. The highest BCUT2D eigenvalue weighted by Gasteiger charge is 2.38.